The Bertz CT molecular complexity index is 1060. The van der Waals surface area contributed by atoms with Crippen molar-refractivity contribution in [1.29, 1.82) is 5.26 Å². The van der Waals surface area contributed by atoms with Gasteiger partial charge in [-0.05, 0) is 45.4 Å². The average molecular weight is 488 g/mol. The molecule has 0 spiro atoms. The number of carbonyl (C=O) groups excluding carboxylic acids is 1. The van der Waals surface area contributed by atoms with E-state index in [-0.39, 0.29) is 23.1 Å². The molecule has 33 heavy (non-hydrogen) atoms. The van der Waals surface area contributed by atoms with Crippen LogP contribution in [-0.2, 0) is 11.3 Å². The summed E-state index contributed by atoms with van der Waals surface area (Å²) < 4.78 is 2.31. The summed E-state index contributed by atoms with van der Waals surface area (Å²) in [6.45, 7) is 11.8. The van der Waals surface area contributed by atoms with Crippen molar-refractivity contribution in [3.63, 3.8) is 0 Å². The fourth-order valence-corrected chi connectivity index (χ4v) is 5.64. The van der Waals surface area contributed by atoms with Gasteiger partial charge < -0.3 is 9.80 Å². The molecule has 0 N–H and O–H groups in total. The van der Waals surface area contributed by atoms with Gasteiger partial charge in [-0.3, -0.25) is 19.1 Å². The van der Waals surface area contributed by atoms with Crippen LogP contribution in [0.4, 0.5) is 5.82 Å². The Morgan fingerprint density at radius 3 is 2.45 bits per heavy atom. The minimum absolute atomic E-state index is 0.0229. The summed E-state index contributed by atoms with van der Waals surface area (Å²) in [4.78, 5) is 33.3. The zero-order valence-electron chi connectivity index (χ0n) is 20.2. The van der Waals surface area contributed by atoms with Gasteiger partial charge in [-0.2, -0.15) is 5.26 Å². The Morgan fingerprint density at radius 2 is 1.88 bits per heavy atom. The zero-order valence-corrected chi connectivity index (χ0v) is 21.8. The molecule has 2 aliphatic rings. The van der Waals surface area contributed by atoms with Crippen LogP contribution in [0.5, 0.6) is 0 Å². The lowest BCUT2D eigenvalue weighted by Crippen LogP contribution is -2.47. The number of anilines is 1. The SMILES string of the molecule is CCCCn1c(N2CCN(C)CC2)c(/C=C2/SC(=S)N(C(C)CC)C2=O)c(C)c(C#N)c1=O. The molecule has 1 amide bonds. The number of rotatable bonds is 7. The molecule has 3 rings (SSSR count). The number of likely N-dealkylation sites (N-methyl/N-ethyl adjacent to an activating group) is 1. The molecule has 0 bridgehead atoms. The summed E-state index contributed by atoms with van der Waals surface area (Å²) in [5.41, 5.74) is 1.30. The number of unbranched alkanes of at least 4 members (excludes halogenated alkanes) is 1. The first-order valence-electron chi connectivity index (χ1n) is 11.6. The standard InChI is InChI=1S/C24H33N5O2S2/c1-6-8-9-28-21(27-12-10-26(5)11-13-27)18(17(4)19(15-25)22(28)30)14-20-23(31)29(16(3)7-2)24(32)33-20/h14,16H,6-13H2,1-5H3/b20-14+. The van der Waals surface area contributed by atoms with E-state index in [0.717, 1.165) is 56.8 Å². The number of aromatic nitrogens is 1. The first kappa shape index (κ1) is 25.5. The van der Waals surface area contributed by atoms with Crippen molar-refractivity contribution >= 4 is 46.1 Å². The Hall–Kier alpha value is -2.15. The summed E-state index contributed by atoms with van der Waals surface area (Å²) in [5.74, 6) is 0.708. The van der Waals surface area contributed by atoms with E-state index in [2.05, 4.69) is 29.8 Å². The second kappa shape index (κ2) is 10.9. The number of carbonyl (C=O) groups is 1. The van der Waals surface area contributed by atoms with Crippen LogP contribution >= 0.6 is 24.0 Å². The van der Waals surface area contributed by atoms with Gasteiger partial charge >= 0.3 is 0 Å². The molecule has 0 saturated carbocycles. The van der Waals surface area contributed by atoms with Crippen LogP contribution in [-0.4, -0.2) is 63.9 Å². The molecule has 1 atom stereocenters. The maximum atomic E-state index is 13.3. The normalized spacial score (nSPS) is 19.5. The van der Waals surface area contributed by atoms with Gasteiger partial charge in [0.2, 0.25) is 0 Å². The van der Waals surface area contributed by atoms with Crippen molar-refractivity contribution in [3.8, 4) is 6.07 Å². The highest BCUT2D eigenvalue weighted by Crippen LogP contribution is 2.37. The number of nitrogens with zero attached hydrogens (tertiary/aromatic N) is 5. The van der Waals surface area contributed by atoms with E-state index >= 15 is 0 Å². The molecule has 1 aromatic rings. The largest absolute Gasteiger partial charge is 0.355 e. The van der Waals surface area contributed by atoms with Crippen molar-refractivity contribution in [2.45, 2.75) is 59.5 Å². The molecule has 1 unspecified atom stereocenters. The Morgan fingerprint density at radius 1 is 1.21 bits per heavy atom. The summed E-state index contributed by atoms with van der Waals surface area (Å²) >= 11 is 6.81. The van der Waals surface area contributed by atoms with E-state index in [0.29, 0.717) is 21.3 Å². The quantitative estimate of drug-likeness (QED) is 0.430. The molecular weight excluding hydrogens is 454 g/mol. The Labute approximate surface area is 206 Å². The lowest BCUT2D eigenvalue weighted by Gasteiger charge is -2.36. The number of piperazine rings is 1. The zero-order chi connectivity index (χ0) is 24.3. The van der Waals surface area contributed by atoms with E-state index in [1.807, 2.05) is 26.8 Å². The Kier molecular flexibility index (Phi) is 8.38. The van der Waals surface area contributed by atoms with Gasteiger partial charge in [0.25, 0.3) is 11.5 Å². The summed E-state index contributed by atoms with van der Waals surface area (Å²) in [6.07, 6.45) is 4.44. The molecule has 1 aromatic heterocycles. The van der Waals surface area contributed by atoms with E-state index in [9.17, 15) is 14.9 Å². The summed E-state index contributed by atoms with van der Waals surface area (Å²) in [7, 11) is 2.09. The third-order valence-electron chi connectivity index (χ3n) is 6.52. The predicted octanol–water partition coefficient (Wildman–Crippen LogP) is 3.58. The number of hydrogen-bond donors (Lipinski definition) is 0. The molecule has 3 heterocycles. The number of thioether (sulfide) groups is 1. The predicted molar refractivity (Wildman–Crippen MR) is 140 cm³/mol. The fraction of sp³-hybridized carbons (Fsp3) is 0.583. The van der Waals surface area contributed by atoms with E-state index in [4.69, 9.17) is 12.2 Å². The van der Waals surface area contributed by atoms with Crippen molar-refractivity contribution in [1.82, 2.24) is 14.4 Å². The van der Waals surface area contributed by atoms with Crippen molar-refractivity contribution in [3.05, 3.63) is 31.9 Å². The average Bonchev–Trinajstić information content (AvgIpc) is 3.08. The Balaban J connectivity index is 2.22. The van der Waals surface area contributed by atoms with Gasteiger partial charge in [0.05, 0.1) is 4.91 Å². The van der Waals surface area contributed by atoms with E-state index in [1.165, 1.54) is 11.8 Å². The minimum atomic E-state index is -0.248. The van der Waals surface area contributed by atoms with Crippen molar-refractivity contribution in [2.75, 3.05) is 38.1 Å². The van der Waals surface area contributed by atoms with Gasteiger partial charge in [0.1, 0.15) is 21.8 Å². The second-order valence-corrected chi connectivity index (χ2v) is 10.4. The molecule has 9 heteroatoms. The smallest absolute Gasteiger partial charge is 0.270 e. The minimum Gasteiger partial charge on any atom is -0.355 e. The molecule has 0 aliphatic carbocycles. The van der Waals surface area contributed by atoms with Crippen LogP contribution in [0.15, 0.2) is 9.70 Å². The molecule has 2 fully saturated rings. The third kappa shape index (κ3) is 5.03. The number of thiocarbonyl (C=S) groups is 1. The monoisotopic (exact) mass is 487 g/mol. The maximum absolute atomic E-state index is 13.3. The van der Waals surface area contributed by atoms with Crippen LogP contribution in [0, 0.1) is 18.3 Å². The van der Waals surface area contributed by atoms with Gasteiger partial charge in [0, 0.05) is 44.3 Å². The topological polar surface area (TPSA) is 72.6 Å². The number of pyridine rings is 1. The molecule has 7 nitrogen and oxygen atoms in total. The van der Waals surface area contributed by atoms with Gasteiger partial charge in [-0.15, -0.1) is 0 Å². The summed E-state index contributed by atoms with van der Waals surface area (Å²) in [5, 5.41) is 9.81. The molecule has 178 valence electrons. The maximum Gasteiger partial charge on any atom is 0.270 e. The highest BCUT2D eigenvalue weighted by Gasteiger charge is 2.35. The lowest BCUT2D eigenvalue weighted by molar-refractivity contribution is -0.123. The van der Waals surface area contributed by atoms with Gasteiger partial charge in [-0.1, -0.05) is 44.2 Å². The molecule has 0 radical (unpaired) electrons. The highest BCUT2D eigenvalue weighted by atomic mass is 32.2. The van der Waals surface area contributed by atoms with Gasteiger partial charge in [0.15, 0.2) is 0 Å². The van der Waals surface area contributed by atoms with Crippen LogP contribution < -0.4 is 10.5 Å². The van der Waals surface area contributed by atoms with Crippen LogP contribution in [0.25, 0.3) is 6.08 Å². The van der Waals surface area contributed by atoms with E-state index < -0.39 is 0 Å². The first-order valence-corrected chi connectivity index (χ1v) is 12.9. The molecule has 0 aromatic carbocycles. The van der Waals surface area contributed by atoms with Crippen molar-refractivity contribution in [2.24, 2.45) is 0 Å². The lowest BCUT2D eigenvalue weighted by atomic mass is 10.0. The van der Waals surface area contributed by atoms with Crippen LogP contribution in [0.1, 0.15) is 56.7 Å². The van der Waals surface area contributed by atoms with E-state index in [1.54, 1.807) is 9.47 Å². The van der Waals surface area contributed by atoms with Gasteiger partial charge in [-0.25, -0.2) is 0 Å². The molecular formula is C24H33N5O2S2. The number of amides is 1. The third-order valence-corrected chi connectivity index (χ3v) is 7.85. The first-order chi connectivity index (χ1) is 15.7. The number of nitriles is 1. The van der Waals surface area contributed by atoms with Crippen LogP contribution in [0.2, 0.25) is 0 Å². The molecule has 2 saturated heterocycles. The summed E-state index contributed by atoms with van der Waals surface area (Å²) in [6, 6.07) is 2.14. The van der Waals surface area contributed by atoms with Crippen molar-refractivity contribution < 1.29 is 4.79 Å². The van der Waals surface area contributed by atoms with Crippen LogP contribution in [0.3, 0.4) is 0 Å². The highest BCUT2D eigenvalue weighted by molar-refractivity contribution is 8.26. The fourth-order valence-electron chi connectivity index (χ4n) is 4.20. The number of hydrogen-bond acceptors (Lipinski definition) is 7. The second-order valence-electron chi connectivity index (χ2n) is 8.76. The molecule has 2 aliphatic heterocycles.